The van der Waals surface area contributed by atoms with Crippen LogP contribution >= 0.6 is 0 Å². The molecule has 0 spiro atoms. The first-order chi connectivity index (χ1) is 26.6. The van der Waals surface area contributed by atoms with Crippen molar-refractivity contribution >= 4 is 11.9 Å². The van der Waals surface area contributed by atoms with Crippen LogP contribution in [0.25, 0.3) is 0 Å². The van der Waals surface area contributed by atoms with Crippen molar-refractivity contribution in [2.75, 3.05) is 19.8 Å². The number of allylic oxidation sites excluding steroid dienone is 2. The van der Waals surface area contributed by atoms with Gasteiger partial charge in [0, 0.05) is 19.4 Å². The number of rotatable bonds is 45. The molecule has 0 saturated carbocycles. The molecule has 0 amide bonds. The first-order valence-electron chi connectivity index (χ1n) is 24.2. The third-order valence-corrected chi connectivity index (χ3v) is 10.8. The Hall–Kier alpha value is -1.36. The van der Waals surface area contributed by atoms with Gasteiger partial charge in [-0.05, 0) is 38.5 Å². The molecule has 0 rings (SSSR count). The van der Waals surface area contributed by atoms with Crippen LogP contribution in [-0.4, -0.2) is 37.9 Å². The van der Waals surface area contributed by atoms with E-state index in [2.05, 4.69) is 32.9 Å². The molecule has 0 aliphatic rings. The standard InChI is InChI=1S/C49H94O5/c1-4-7-10-13-16-19-22-24-25-26-28-30-33-36-39-42-48(50)53-46-47(45-52-44-41-38-35-32-29-23-20-17-14-11-8-5-2)54-49(51)43-40-37-34-31-27-21-18-15-12-9-6-3/h15,18,47H,4-14,16-17,19-46H2,1-3H3/b18-15-. The Bertz CT molecular complexity index is 780. The van der Waals surface area contributed by atoms with Crippen LogP contribution in [0.15, 0.2) is 12.2 Å². The molecule has 5 heteroatoms. The summed E-state index contributed by atoms with van der Waals surface area (Å²) in [5.41, 5.74) is 0. The van der Waals surface area contributed by atoms with Crippen molar-refractivity contribution in [2.45, 2.75) is 271 Å². The van der Waals surface area contributed by atoms with E-state index in [-0.39, 0.29) is 18.5 Å². The normalized spacial score (nSPS) is 12.1. The largest absolute Gasteiger partial charge is 0.462 e. The predicted molar refractivity (Wildman–Crippen MR) is 233 cm³/mol. The Balaban J connectivity index is 4.19. The van der Waals surface area contributed by atoms with E-state index in [0.717, 1.165) is 44.9 Å². The molecule has 0 bridgehead atoms. The number of carbonyl (C=O) groups excluding carboxylic acids is 2. The van der Waals surface area contributed by atoms with Gasteiger partial charge in [0.05, 0.1) is 6.61 Å². The zero-order chi connectivity index (χ0) is 39.3. The van der Waals surface area contributed by atoms with E-state index < -0.39 is 6.10 Å². The third-order valence-electron chi connectivity index (χ3n) is 10.8. The minimum absolute atomic E-state index is 0.0908. The summed E-state index contributed by atoms with van der Waals surface area (Å²) in [6, 6.07) is 0. The highest BCUT2D eigenvalue weighted by Crippen LogP contribution is 2.15. The summed E-state index contributed by atoms with van der Waals surface area (Å²) < 4.78 is 17.3. The van der Waals surface area contributed by atoms with Crippen molar-refractivity contribution in [2.24, 2.45) is 0 Å². The van der Waals surface area contributed by atoms with E-state index in [1.807, 2.05) is 0 Å². The van der Waals surface area contributed by atoms with Gasteiger partial charge < -0.3 is 14.2 Å². The Labute approximate surface area is 337 Å². The Morgan fingerprint density at radius 2 is 0.741 bits per heavy atom. The molecule has 0 radical (unpaired) electrons. The quantitative estimate of drug-likeness (QED) is 0.0351. The van der Waals surface area contributed by atoms with Gasteiger partial charge >= 0.3 is 11.9 Å². The van der Waals surface area contributed by atoms with Crippen LogP contribution in [-0.2, 0) is 23.8 Å². The van der Waals surface area contributed by atoms with E-state index in [0.29, 0.717) is 26.1 Å². The van der Waals surface area contributed by atoms with Crippen molar-refractivity contribution in [3.05, 3.63) is 12.2 Å². The maximum Gasteiger partial charge on any atom is 0.306 e. The molecule has 0 aromatic heterocycles. The SMILES string of the molecule is CCCC/C=C\CCCCCCCC(=O)OC(COCCCCCCCCCCCCCC)COC(=O)CCCCCCCCCCCCCCCCC. The molecule has 0 aliphatic heterocycles. The van der Waals surface area contributed by atoms with E-state index in [9.17, 15) is 9.59 Å². The molecule has 0 heterocycles. The number of ether oxygens (including phenoxy) is 3. The minimum atomic E-state index is -0.528. The lowest BCUT2D eigenvalue weighted by Gasteiger charge is -2.18. The third kappa shape index (κ3) is 43.4. The second-order valence-electron chi connectivity index (χ2n) is 16.4. The van der Waals surface area contributed by atoms with Gasteiger partial charge in [-0.25, -0.2) is 0 Å². The van der Waals surface area contributed by atoms with Crippen molar-refractivity contribution in [3.63, 3.8) is 0 Å². The van der Waals surface area contributed by atoms with Gasteiger partial charge in [-0.2, -0.15) is 0 Å². The number of unbranched alkanes of at least 4 members (excludes halogenated alkanes) is 32. The van der Waals surface area contributed by atoms with Crippen LogP contribution in [0.4, 0.5) is 0 Å². The maximum atomic E-state index is 12.7. The lowest BCUT2D eigenvalue weighted by Crippen LogP contribution is -2.30. The summed E-state index contributed by atoms with van der Waals surface area (Å²) in [4.78, 5) is 25.3. The van der Waals surface area contributed by atoms with Gasteiger partial charge in [0.1, 0.15) is 6.61 Å². The number of esters is 2. The topological polar surface area (TPSA) is 61.8 Å². The Morgan fingerprint density at radius 1 is 0.389 bits per heavy atom. The highest BCUT2D eigenvalue weighted by molar-refractivity contribution is 5.70. The molecule has 0 aliphatic carbocycles. The van der Waals surface area contributed by atoms with E-state index in [1.165, 1.54) is 186 Å². The monoisotopic (exact) mass is 763 g/mol. The first kappa shape index (κ1) is 52.6. The summed E-state index contributed by atoms with van der Waals surface area (Å²) >= 11 is 0. The molecule has 0 aromatic rings. The van der Waals surface area contributed by atoms with Crippen LogP contribution in [0, 0.1) is 0 Å². The molecular formula is C49H94O5. The fourth-order valence-corrected chi connectivity index (χ4v) is 7.14. The molecular weight excluding hydrogens is 669 g/mol. The second kappa shape index (κ2) is 46.0. The highest BCUT2D eigenvalue weighted by atomic mass is 16.6. The smallest absolute Gasteiger partial charge is 0.306 e. The lowest BCUT2D eigenvalue weighted by molar-refractivity contribution is -0.163. The van der Waals surface area contributed by atoms with Crippen molar-refractivity contribution in [3.8, 4) is 0 Å². The molecule has 0 N–H and O–H groups in total. The number of hydrogen-bond donors (Lipinski definition) is 0. The van der Waals surface area contributed by atoms with Gasteiger partial charge in [0.25, 0.3) is 0 Å². The van der Waals surface area contributed by atoms with Crippen molar-refractivity contribution < 1.29 is 23.8 Å². The summed E-state index contributed by atoms with van der Waals surface area (Å²) in [6.45, 7) is 7.83. The average Bonchev–Trinajstić information content (AvgIpc) is 3.17. The minimum Gasteiger partial charge on any atom is -0.462 e. The van der Waals surface area contributed by atoms with Crippen LogP contribution < -0.4 is 0 Å². The Morgan fingerprint density at radius 3 is 1.19 bits per heavy atom. The molecule has 54 heavy (non-hydrogen) atoms. The van der Waals surface area contributed by atoms with E-state index in [1.54, 1.807) is 0 Å². The second-order valence-corrected chi connectivity index (χ2v) is 16.4. The number of hydrogen-bond acceptors (Lipinski definition) is 5. The summed E-state index contributed by atoms with van der Waals surface area (Å²) in [5, 5.41) is 0. The van der Waals surface area contributed by atoms with Crippen LogP contribution in [0.1, 0.15) is 265 Å². The van der Waals surface area contributed by atoms with Crippen LogP contribution in [0.3, 0.4) is 0 Å². The fraction of sp³-hybridized carbons (Fsp3) is 0.918. The van der Waals surface area contributed by atoms with E-state index in [4.69, 9.17) is 14.2 Å². The summed E-state index contributed by atoms with van der Waals surface area (Å²) in [5.74, 6) is -0.391. The highest BCUT2D eigenvalue weighted by Gasteiger charge is 2.17. The Kier molecular flexibility index (Phi) is 44.9. The molecule has 0 saturated heterocycles. The van der Waals surface area contributed by atoms with Gasteiger partial charge in [0.15, 0.2) is 6.10 Å². The van der Waals surface area contributed by atoms with Gasteiger partial charge in [-0.3, -0.25) is 9.59 Å². The first-order valence-corrected chi connectivity index (χ1v) is 24.2. The maximum absolute atomic E-state index is 12.7. The molecule has 0 aromatic carbocycles. The fourth-order valence-electron chi connectivity index (χ4n) is 7.14. The zero-order valence-corrected chi connectivity index (χ0v) is 36.8. The molecule has 5 nitrogen and oxygen atoms in total. The molecule has 0 fully saturated rings. The molecule has 1 unspecified atom stereocenters. The van der Waals surface area contributed by atoms with E-state index >= 15 is 0 Å². The van der Waals surface area contributed by atoms with Crippen molar-refractivity contribution in [1.29, 1.82) is 0 Å². The zero-order valence-electron chi connectivity index (χ0n) is 36.8. The summed E-state index contributed by atoms with van der Waals surface area (Å²) in [6.07, 6.45) is 50.6. The summed E-state index contributed by atoms with van der Waals surface area (Å²) in [7, 11) is 0. The van der Waals surface area contributed by atoms with Crippen LogP contribution in [0.2, 0.25) is 0 Å². The predicted octanol–water partition coefficient (Wildman–Crippen LogP) is 15.9. The van der Waals surface area contributed by atoms with Crippen molar-refractivity contribution in [1.82, 2.24) is 0 Å². The van der Waals surface area contributed by atoms with Gasteiger partial charge in [-0.1, -0.05) is 226 Å². The molecule has 320 valence electrons. The lowest BCUT2D eigenvalue weighted by atomic mass is 10.0. The van der Waals surface area contributed by atoms with Gasteiger partial charge in [-0.15, -0.1) is 0 Å². The average molecular weight is 763 g/mol. The number of carbonyl (C=O) groups is 2. The van der Waals surface area contributed by atoms with Gasteiger partial charge in [0.2, 0.25) is 0 Å². The molecule has 1 atom stereocenters. The van der Waals surface area contributed by atoms with Crippen LogP contribution in [0.5, 0.6) is 0 Å².